The lowest BCUT2D eigenvalue weighted by atomic mass is 10.1. The normalized spacial score (nSPS) is 12.6. The van der Waals surface area contributed by atoms with Crippen molar-refractivity contribution in [1.29, 1.82) is 0 Å². The van der Waals surface area contributed by atoms with Crippen molar-refractivity contribution in [3.8, 4) is 23.0 Å². The molecule has 0 spiro atoms. The van der Waals surface area contributed by atoms with Gasteiger partial charge in [0.2, 0.25) is 5.91 Å². The topological polar surface area (TPSA) is 69.3 Å². The smallest absolute Gasteiger partial charge is 0.238 e. The van der Waals surface area contributed by atoms with Crippen LogP contribution in [0.2, 0.25) is 5.02 Å². The largest absolute Gasteiger partial charge is 0.493 e. The first kappa shape index (κ1) is 20.1. The molecule has 1 aliphatic rings. The summed E-state index contributed by atoms with van der Waals surface area (Å²) >= 11 is 6.25. The highest BCUT2D eigenvalue weighted by Crippen LogP contribution is 2.38. The van der Waals surface area contributed by atoms with Gasteiger partial charge >= 0.3 is 0 Å². The fourth-order valence-corrected chi connectivity index (χ4v) is 3.22. The van der Waals surface area contributed by atoms with Crippen molar-refractivity contribution in [2.45, 2.75) is 6.54 Å². The average molecular weight is 407 g/mol. The van der Waals surface area contributed by atoms with Crippen LogP contribution in [0.5, 0.6) is 23.0 Å². The van der Waals surface area contributed by atoms with Crippen LogP contribution in [0, 0.1) is 0 Å². The molecule has 2 aromatic carbocycles. The number of benzene rings is 2. The summed E-state index contributed by atoms with van der Waals surface area (Å²) in [6, 6.07) is 8.99. The molecule has 0 aliphatic carbocycles. The Morgan fingerprint density at radius 3 is 2.57 bits per heavy atom. The van der Waals surface area contributed by atoms with E-state index >= 15 is 0 Å². The number of para-hydroxylation sites is 1. The van der Waals surface area contributed by atoms with E-state index in [1.807, 2.05) is 30.1 Å². The number of amides is 1. The number of likely N-dealkylation sites (N-methyl/N-ethyl adjacent to an activating group) is 1. The quantitative estimate of drug-likeness (QED) is 0.761. The number of carbonyl (C=O) groups excluding carboxylic acids is 1. The number of ether oxygens (including phenoxy) is 4. The van der Waals surface area contributed by atoms with Gasteiger partial charge in [-0.05, 0) is 13.1 Å². The predicted octanol–water partition coefficient (Wildman–Crippen LogP) is 3.20. The van der Waals surface area contributed by atoms with Crippen LogP contribution in [-0.2, 0) is 11.3 Å². The Morgan fingerprint density at radius 2 is 1.89 bits per heavy atom. The van der Waals surface area contributed by atoms with Gasteiger partial charge < -0.3 is 24.3 Å². The Morgan fingerprint density at radius 1 is 1.18 bits per heavy atom. The third-order valence-corrected chi connectivity index (χ3v) is 4.56. The fraction of sp³-hybridized carbons (Fsp3) is 0.350. The van der Waals surface area contributed by atoms with Crippen LogP contribution in [0.4, 0.5) is 5.69 Å². The first-order valence-electron chi connectivity index (χ1n) is 8.79. The van der Waals surface area contributed by atoms with E-state index in [1.54, 1.807) is 26.4 Å². The highest BCUT2D eigenvalue weighted by atomic mass is 35.5. The molecule has 0 fully saturated rings. The minimum atomic E-state index is -0.192. The number of methoxy groups -OCH3 is 2. The Hall–Kier alpha value is -2.64. The van der Waals surface area contributed by atoms with E-state index in [2.05, 4.69) is 5.32 Å². The molecule has 0 aromatic heterocycles. The molecule has 2 aromatic rings. The molecule has 28 heavy (non-hydrogen) atoms. The van der Waals surface area contributed by atoms with E-state index in [9.17, 15) is 4.79 Å². The van der Waals surface area contributed by atoms with Gasteiger partial charge in [0.05, 0.1) is 31.5 Å². The number of fused-ring (bicyclic) bond motifs is 1. The SMILES string of the molecule is COc1cccc(CN(C)CC(=O)Nc2cc3c(cc2Cl)OCCO3)c1OC. The molecular weight excluding hydrogens is 384 g/mol. The van der Waals surface area contributed by atoms with Crippen molar-refractivity contribution in [3.05, 3.63) is 40.9 Å². The molecule has 0 saturated heterocycles. The van der Waals surface area contributed by atoms with Gasteiger partial charge in [-0.3, -0.25) is 9.69 Å². The molecule has 7 nitrogen and oxygen atoms in total. The van der Waals surface area contributed by atoms with E-state index in [0.717, 1.165) is 5.56 Å². The van der Waals surface area contributed by atoms with Crippen molar-refractivity contribution in [2.75, 3.05) is 46.3 Å². The number of halogens is 1. The summed E-state index contributed by atoms with van der Waals surface area (Å²) in [5.41, 5.74) is 1.41. The van der Waals surface area contributed by atoms with Crippen LogP contribution in [0.3, 0.4) is 0 Å². The van der Waals surface area contributed by atoms with Gasteiger partial charge in [-0.25, -0.2) is 0 Å². The second-order valence-electron chi connectivity index (χ2n) is 6.35. The second kappa shape index (κ2) is 9.03. The number of rotatable bonds is 7. The summed E-state index contributed by atoms with van der Waals surface area (Å²) in [5.74, 6) is 2.27. The molecule has 1 heterocycles. The van der Waals surface area contributed by atoms with E-state index < -0.39 is 0 Å². The van der Waals surface area contributed by atoms with Gasteiger partial charge in [-0.1, -0.05) is 23.7 Å². The van der Waals surface area contributed by atoms with E-state index in [1.165, 1.54) is 0 Å². The molecule has 0 saturated carbocycles. The molecule has 8 heteroatoms. The molecular formula is C20H23ClN2O5. The van der Waals surface area contributed by atoms with Crippen LogP contribution < -0.4 is 24.3 Å². The first-order chi connectivity index (χ1) is 13.5. The van der Waals surface area contributed by atoms with E-state index in [0.29, 0.717) is 53.5 Å². The minimum Gasteiger partial charge on any atom is -0.493 e. The summed E-state index contributed by atoms with van der Waals surface area (Å²) < 4.78 is 21.8. The molecule has 0 unspecified atom stereocenters. The Balaban J connectivity index is 1.64. The Kier molecular flexibility index (Phi) is 6.49. The van der Waals surface area contributed by atoms with Gasteiger partial charge in [-0.2, -0.15) is 0 Å². The van der Waals surface area contributed by atoms with Gasteiger partial charge in [0.1, 0.15) is 13.2 Å². The van der Waals surface area contributed by atoms with Gasteiger partial charge in [0.15, 0.2) is 23.0 Å². The van der Waals surface area contributed by atoms with Crippen molar-refractivity contribution in [3.63, 3.8) is 0 Å². The van der Waals surface area contributed by atoms with Crippen LogP contribution in [0.15, 0.2) is 30.3 Å². The number of nitrogens with one attached hydrogen (secondary N) is 1. The summed E-state index contributed by atoms with van der Waals surface area (Å²) in [7, 11) is 5.04. The molecule has 0 radical (unpaired) electrons. The summed E-state index contributed by atoms with van der Waals surface area (Å²) in [5, 5.41) is 3.22. The predicted molar refractivity (Wildman–Crippen MR) is 107 cm³/mol. The van der Waals surface area contributed by atoms with Crippen molar-refractivity contribution >= 4 is 23.2 Å². The lowest BCUT2D eigenvalue weighted by Crippen LogP contribution is -2.30. The highest BCUT2D eigenvalue weighted by Gasteiger charge is 2.18. The van der Waals surface area contributed by atoms with E-state index in [-0.39, 0.29) is 12.5 Å². The molecule has 1 aliphatic heterocycles. The van der Waals surface area contributed by atoms with Gasteiger partial charge in [0.25, 0.3) is 0 Å². The van der Waals surface area contributed by atoms with Crippen LogP contribution in [-0.4, -0.2) is 51.8 Å². The highest BCUT2D eigenvalue weighted by molar-refractivity contribution is 6.34. The monoisotopic (exact) mass is 406 g/mol. The summed E-state index contributed by atoms with van der Waals surface area (Å²) in [4.78, 5) is 14.3. The third kappa shape index (κ3) is 4.61. The van der Waals surface area contributed by atoms with Gasteiger partial charge in [-0.15, -0.1) is 0 Å². The number of carbonyl (C=O) groups is 1. The summed E-state index contributed by atoms with van der Waals surface area (Å²) in [6.45, 7) is 1.63. The van der Waals surface area contributed by atoms with E-state index in [4.69, 9.17) is 30.5 Å². The van der Waals surface area contributed by atoms with Crippen molar-refractivity contribution < 1.29 is 23.7 Å². The maximum atomic E-state index is 12.5. The zero-order valence-electron chi connectivity index (χ0n) is 16.1. The second-order valence-corrected chi connectivity index (χ2v) is 6.76. The molecule has 1 N–H and O–H groups in total. The number of nitrogens with zero attached hydrogens (tertiary/aromatic N) is 1. The lowest BCUT2D eigenvalue weighted by molar-refractivity contribution is -0.117. The van der Waals surface area contributed by atoms with Gasteiger partial charge in [0, 0.05) is 24.2 Å². The van der Waals surface area contributed by atoms with Crippen LogP contribution in [0.1, 0.15) is 5.56 Å². The van der Waals surface area contributed by atoms with Crippen LogP contribution in [0.25, 0.3) is 0 Å². The average Bonchev–Trinajstić information content (AvgIpc) is 2.68. The van der Waals surface area contributed by atoms with Crippen LogP contribution >= 0.6 is 11.6 Å². The Bertz CT molecular complexity index is 859. The van der Waals surface area contributed by atoms with Crippen molar-refractivity contribution in [1.82, 2.24) is 4.90 Å². The first-order valence-corrected chi connectivity index (χ1v) is 9.17. The fourth-order valence-electron chi connectivity index (χ4n) is 3.02. The zero-order valence-corrected chi connectivity index (χ0v) is 16.8. The Labute approximate surface area is 169 Å². The van der Waals surface area contributed by atoms with Crippen molar-refractivity contribution in [2.24, 2.45) is 0 Å². The number of hydrogen-bond acceptors (Lipinski definition) is 6. The number of anilines is 1. The molecule has 0 bridgehead atoms. The molecule has 150 valence electrons. The number of hydrogen-bond donors (Lipinski definition) is 1. The standard InChI is InChI=1S/C20H23ClN2O5/c1-23(11-13-5-4-6-16(25-2)20(13)26-3)12-19(24)22-15-10-18-17(9-14(15)21)27-7-8-28-18/h4-6,9-10H,7-8,11-12H2,1-3H3,(H,22,24). The minimum absolute atomic E-state index is 0.172. The zero-order chi connectivity index (χ0) is 20.1. The lowest BCUT2D eigenvalue weighted by Gasteiger charge is -2.21. The maximum Gasteiger partial charge on any atom is 0.238 e. The maximum absolute atomic E-state index is 12.5. The molecule has 3 rings (SSSR count). The molecule has 0 atom stereocenters. The third-order valence-electron chi connectivity index (χ3n) is 4.24. The summed E-state index contributed by atoms with van der Waals surface area (Å²) in [6.07, 6.45) is 0. The molecule has 1 amide bonds.